The van der Waals surface area contributed by atoms with Crippen molar-refractivity contribution in [2.24, 2.45) is 16.3 Å². The quantitative estimate of drug-likeness (QED) is 0.406. The van der Waals surface area contributed by atoms with Gasteiger partial charge in [0.1, 0.15) is 0 Å². The van der Waals surface area contributed by atoms with E-state index in [0.717, 1.165) is 11.3 Å². The maximum Gasteiger partial charge on any atom is 0.0664 e. The molecule has 1 aliphatic rings. The summed E-state index contributed by atoms with van der Waals surface area (Å²) in [6.07, 6.45) is 9.74. The van der Waals surface area contributed by atoms with E-state index in [1.807, 2.05) is 36.4 Å². The molecule has 0 heterocycles. The highest BCUT2D eigenvalue weighted by atomic mass is 16.5. The average molecular weight is 341 g/mol. The Hall–Kier alpha value is -1.87. The molecule has 2 unspecified atom stereocenters. The van der Waals surface area contributed by atoms with E-state index in [2.05, 4.69) is 25.4 Å². The van der Waals surface area contributed by atoms with Crippen molar-refractivity contribution < 1.29 is 5.21 Å². The number of hydroxylamine groups is 2. The van der Waals surface area contributed by atoms with Crippen LogP contribution in [0.5, 0.6) is 0 Å². The van der Waals surface area contributed by atoms with Crippen LogP contribution in [0.15, 0.2) is 59.8 Å². The Balaban J connectivity index is 2.10. The molecule has 25 heavy (non-hydrogen) atoms. The zero-order chi connectivity index (χ0) is 18.3. The molecule has 3 heteroatoms. The lowest BCUT2D eigenvalue weighted by molar-refractivity contribution is -0.0715. The summed E-state index contributed by atoms with van der Waals surface area (Å²) in [4.78, 5) is 4.37. The number of aliphatic imine (C=N–C) groups is 1. The Labute approximate surface area is 152 Å². The molecule has 0 aromatic heterocycles. The van der Waals surface area contributed by atoms with E-state index in [9.17, 15) is 5.21 Å². The van der Waals surface area contributed by atoms with Crippen LogP contribution < -0.4 is 0 Å². The summed E-state index contributed by atoms with van der Waals surface area (Å²) in [6.45, 7) is 9.18. The van der Waals surface area contributed by atoms with Crippen molar-refractivity contribution in [3.8, 4) is 0 Å². The number of rotatable bonds is 7. The smallest absolute Gasteiger partial charge is 0.0664 e. The minimum absolute atomic E-state index is 0.419. The van der Waals surface area contributed by atoms with E-state index >= 15 is 0 Å². The first kappa shape index (κ1) is 19.5. The molecule has 1 saturated carbocycles. The summed E-state index contributed by atoms with van der Waals surface area (Å²) >= 11 is 0. The zero-order valence-corrected chi connectivity index (χ0v) is 15.9. The number of nitrogens with zero attached hydrogens (tertiary/aromatic N) is 2. The van der Waals surface area contributed by atoms with Gasteiger partial charge in [0.15, 0.2) is 0 Å². The van der Waals surface area contributed by atoms with Gasteiger partial charge in [0, 0.05) is 13.6 Å². The van der Waals surface area contributed by atoms with Crippen LogP contribution in [0.2, 0.25) is 0 Å². The molecule has 0 radical (unpaired) electrons. The van der Waals surface area contributed by atoms with Crippen LogP contribution in [-0.4, -0.2) is 29.6 Å². The highest BCUT2D eigenvalue weighted by molar-refractivity contribution is 6.09. The van der Waals surface area contributed by atoms with Crippen molar-refractivity contribution in [3.05, 3.63) is 60.3 Å². The Bertz CT molecular complexity index is 620. The van der Waals surface area contributed by atoms with Crippen LogP contribution in [0.25, 0.3) is 0 Å². The third kappa shape index (κ3) is 5.30. The van der Waals surface area contributed by atoms with Gasteiger partial charge in [-0.2, -0.15) is 0 Å². The van der Waals surface area contributed by atoms with E-state index < -0.39 is 0 Å². The van der Waals surface area contributed by atoms with Crippen molar-refractivity contribution in [2.75, 3.05) is 13.6 Å². The summed E-state index contributed by atoms with van der Waals surface area (Å²) < 4.78 is 0. The highest BCUT2D eigenvalue weighted by Gasteiger charge is 2.31. The van der Waals surface area contributed by atoms with Gasteiger partial charge in [0.05, 0.1) is 11.4 Å². The van der Waals surface area contributed by atoms with E-state index in [-0.39, 0.29) is 0 Å². The third-order valence-corrected chi connectivity index (χ3v) is 5.56. The molecule has 1 aliphatic carbocycles. The lowest BCUT2D eigenvalue weighted by Crippen LogP contribution is -2.33. The molecule has 2 rings (SSSR count). The molecule has 3 nitrogen and oxygen atoms in total. The monoisotopic (exact) mass is 340 g/mol. The topological polar surface area (TPSA) is 35.8 Å². The van der Waals surface area contributed by atoms with Gasteiger partial charge in [-0.1, -0.05) is 63.6 Å². The molecule has 1 aromatic carbocycles. The summed E-state index contributed by atoms with van der Waals surface area (Å²) in [5.41, 5.74) is 3.00. The van der Waals surface area contributed by atoms with Crippen LogP contribution in [0, 0.1) is 11.3 Å². The summed E-state index contributed by atoms with van der Waals surface area (Å²) in [6, 6.07) is 10.0. The van der Waals surface area contributed by atoms with Crippen LogP contribution >= 0.6 is 0 Å². The lowest BCUT2D eigenvalue weighted by atomic mass is 9.69. The molecule has 0 aliphatic heterocycles. The second-order valence-corrected chi connectivity index (χ2v) is 7.46. The normalized spacial score (nSPS) is 24.9. The summed E-state index contributed by atoms with van der Waals surface area (Å²) in [5.74, 6) is 0.519. The molecule has 0 bridgehead atoms. The third-order valence-electron chi connectivity index (χ3n) is 5.56. The molecule has 0 saturated heterocycles. The van der Waals surface area contributed by atoms with Gasteiger partial charge in [0.25, 0.3) is 0 Å². The van der Waals surface area contributed by atoms with E-state index in [0.29, 0.717) is 23.6 Å². The average Bonchev–Trinajstić information content (AvgIpc) is 2.63. The van der Waals surface area contributed by atoms with E-state index in [1.54, 1.807) is 13.1 Å². The van der Waals surface area contributed by atoms with Gasteiger partial charge >= 0.3 is 0 Å². The van der Waals surface area contributed by atoms with E-state index in [4.69, 9.17) is 0 Å². The Morgan fingerprint density at radius 1 is 1.40 bits per heavy atom. The van der Waals surface area contributed by atoms with Crippen molar-refractivity contribution in [3.63, 3.8) is 0 Å². The molecule has 136 valence electrons. The first-order valence-electron chi connectivity index (χ1n) is 9.34. The minimum atomic E-state index is 0.419. The predicted molar refractivity (Wildman–Crippen MR) is 106 cm³/mol. The largest absolute Gasteiger partial charge is 0.288 e. The van der Waals surface area contributed by atoms with Gasteiger partial charge in [-0.3, -0.25) is 15.3 Å². The van der Waals surface area contributed by atoms with Gasteiger partial charge < -0.3 is 0 Å². The fourth-order valence-corrected chi connectivity index (χ4v) is 3.81. The Morgan fingerprint density at radius 2 is 2.12 bits per heavy atom. The fourth-order valence-electron chi connectivity index (χ4n) is 3.81. The van der Waals surface area contributed by atoms with Gasteiger partial charge in [0.2, 0.25) is 0 Å². The zero-order valence-electron chi connectivity index (χ0n) is 15.9. The van der Waals surface area contributed by atoms with Crippen LogP contribution in [0.3, 0.4) is 0 Å². The van der Waals surface area contributed by atoms with Gasteiger partial charge in [-0.05, 0) is 48.3 Å². The molecule has 0 amide bonds. The van der Waals surface area contributed by atoms with Crippen molar-refractivity contribution in [1.29, 1.82) is 0 Å². The first-order chi connectivity index (χ1) is 12.0. The molecular formula is C22H32N2O. The number of allylic oxidation sites excluding steroid dienone is 2. The van der Waals surface area contributed by atoms with Crippen LogP contribution in [0.1, 0.15) is 51.5 Å². The van der Waals surface area contributed by atoms with Crippen LogP contribution in [0.4, 0.5) is 0 Å². The number of hydrogen-bond donors (Lipinski definition) is 1. The highest BCUT2D eigenvalue weighted by Crippen LogP contribution is 2.41. The number of hydrogen-bond acceptors (Lipinski definition) is 3. The molecule has 1 aromatic rings. The number of benzene rings is 1. The molecule has 1 fully saturated rings. The van der Waals surface area contributed by atoms with Crippen molar-refractivity contribution >= 4 is 5.71 Å². The van der Waals surface area contributed by atoms with Crippen molar-refractivity contribution in [1.82, 2.24) is 5.06 Å². The second-order valence-electron chi connectivity index (χ2n) is 7.46. The second kappa shape index (κ2) is 9.00. The fraction of sp³-hybridized carbons (Fsp3) is 0.500. The summed E-state index contributed by atoms with van der Waals surface area (Å²) in [5, 5.41) is 12.0. The maximum absolute atomic E-state index is 10.6. The minimum Gasteiger partial charge on any atom is -0.288 e. The van der Waals surface area contributed by atoms with E-state index in [1.165, 1.54) is 37.2 Å². The van der Waals surface area contributed by atoms with Crippen molar-refractivity contribution in [2.45, 2.75) is 46.0 Å². The van der Waals surface area contributed by atoms with Crippen LogP contribution in [-0.2, 0) is 0 Å². The Morgan fingerprint density at radius 3 is 2.72 bits per heavy atom. The molecule has 0 spiro atoms. The standard InChI is InChI=1S/C22H32N2O/c1-5-20(15-21(23-4)19-12-8-7-9-13-19)24(25)17-18-11-10-14-22(3,6-2)16-18/h5,7-9,12-13,15,18,25H,1,6,10-11,14,16-17H2,2-4H3/b20-15+,23-21?. The maximum atomic E-state index is 10.6. The van der Waals surface area contributed by atoms with Gasteiger partial charge in [-0.15, -0.1) is 0 Å². The molecule has 2 atom stereocenters. The van der Waals surface area contributed by atoms with Gasteiger partial charge in [-0.25, -0.2) is 0 Å². The summed E-state index contributed by atoms with van der Waals surface area (Å²) in [7, 11) is 1.77. The predicted octanol–water partition coefficient (Wildman–Crippen LogP) is 5.47. The molecular weight excluding hydrogens is 308 g/mol. The SMILES string of the molecule is C=C/C(=C\C(=NC)c1ccccc1)N(O)CC1CCCC(C)(CC)C1. The lowest BCUT2D eigenvalue weighted by Gasteiger charge is -2.39. The Kier molecular flexibility index (Phi) is 7.01. The first-order valence-corrected chi connectivity index (χ1v) is 9.34. The molecule has 1 N–H and O–H groups in total.